The molecule has 0 aliphatic carbocycles. The van der Waals surface area contributed by atoms with Gasteiger partial charge in [-0.3, -0.25) is 4.40 Å². The summed E-state index contributed by atoms with van der Waals surface area (Å²) < 4.78 is 48.5. The minimum absolute atomic E-state index is 0.234. The Kier molecular flexibility index (Phi) is 6.49. The Morgan fingerprint density at radius 2 is 1.89 bits per heavy atom. The van der Waals surface area contributed by atoms with Crippen molar-refractivity contribution in [1.29, 1.82) is 0 Å². The topological polar surface area (TPSA) is 114 Å². The minimum Gasteiger partial charge on any atom is -0.432 e. The van der Waals surface area contributed by atoms with E-state index >= 15 is 0 Å². The van der Waals surface area contributed by atoms with Gasteiger partial charge in [0.1, 0.15) is 23.5 Å². The van der Waals surface area contributed by atoms with Crippen molar-refractivity contribution >= 4 is 21.8 Å². The van der Waals surface area contributed by atoms with Gasteiger partial charge in [0, 0.05) is 31.0 Å². The Bertz CT molecular complexity index is 1610. The summed E-state index contributed by atoms with van der Waals surface area (Å²) in [6.45, 7) is 2.61. The second-order valence-corrected chi connectivity index (χ2v) is 9.90. The number of fused-ring (bicyclic) bond motifs is 1. The van der Waals surface area contributed by atoms with Crippen molar-refractivity contribution in [1.82, 2.24) is 24.1 Å². The van der Waals surface area contributed by atoms with Crippen molar-refractivity contribution in [2.45, 2.75) is 18.2 Å². The van der Waals surface area contributed by atoms with E-state index in [0.717, 1.165) is 5.56 Å². The SMILES string of the molecule is Cc1ccc(S(=O)(=O)NCCCNc2nccc(-c3c(-c4cccc(F)c4)nc4occn34)n2)cc1. The van der Waals surface area contributed by atoms with Crippen LogP contribution in [-0.2, 0) is 10.0 Å². The molecule has 0 aliphatic heterocycles. The van der Waals surface area contributed by atoms with Gasteiger partial charge in [-0.05, 0) is 43.7 Å². The first-order chi connectivity index (χ1) is 17.4. The normalized spacial score (nSPS) is 11.7. The summed E-state index contributed by atoms with van der Waals surface area (Å²) >= 11 is 0. The molecule has 0 unspecified atom stereocenters. The monoisotopic (exact) mass is 506 g/mol. The summed E-state index contributed by atoms with van der Waals surface area (Å²) in [5, 5.41) is 3.12. The van der Waals surface area contributed by atoms with Crippen LogP contribution < -0.4 is 10.0 Å². The molecule has 11 heteroatoms. The number of hydrogen-bond acceptors (Lipinski definition) is 7. The minimum atomic E-state index is -3.56. The lowest BCUT2D eigenvalue weighted by atomic mass is 10.1. The maximum atomic E-state index is 13.9. The molecule has 0 atom stereocenters. The zero-order chi connectivity index (χ0) is 25.1. The first-order valence-corrected chi connectivity index (χ1v) is 12.7. The Labute approximate surface area is 207 Å². The molecule has 0 aliphatic rings. The highest BCUT2D eigenvalue weighted by Crippen LogP contribution is 2.32. The van der Waals surface area contributed by atoms with Gasteiger partial charge >= 0.3 is 5.84 Å². The molecule has 0 amide bonds. The van der Waals surface area contributed by atoms with E-state index in [9.17, 15) is 12.8 Å². The predicted molar refractivity (Wildman–Crippen MR) is 133 cm³/mol. The number of rotatable bonds is 9. The Balaban J connectivity index is 1.28. The number of hydrogen-bond donors (Lipinski definition) is 2. The average molecular weight is 507 g/mol. The van der Waals surface area contributed by atoms with Crippen molar-refractivity contribution in [3.63, 3.8) is 0 Å². The standard InChI is InChI=1S/C25H23FN6O3S/c1-17-6-8-20(9-7-17)36(33,34)29-12-3-11-27-24-28-13-10-21(30-24)23-22(18-4-2-5-19(26)16-18)31-25-32(23)14-15-35-25/h2,4-10,13-16,29H,3,11-12H2,1H3,(H,27,28,30). The molecule has 2 N–H and O–H groups in total. The summed E-state index contributed by atoms with van der Waals surface area (Å²) in [4.78, 5) is 13.6. The van der Waals surface area contributed by atoms with E-state index in [0.29, 0.717) is 47.4 Å². The zero-order valence-corrected chi connectivity index (χ0v) is 20.2. The number of sulfonamides is 1. The fourth-order valence-corrected chi connectivity index (χ4v) is 4.81. The zero-order valence-electron chi connectivity index (χ0n) is 19.3. The van der Waals surface area contributed by atoms with E-state index in [1.165, 1.54) is 18.4 Å². The third-order valence-electron chi connectivity index (χ3n) is 5.52. The largest absolute Gasteiger partial charge is 0.432 e. The smallest absolute Gasteiger partial charge is 0.306 e. The van der Waals surface area contributed by atoms with Crippen LogP contribution >= 0.6 is 0 Å². The van der Waals surface area contributed by atoms with Crippen LogP contribution in [0.4, 0.5) is 10.3 Å². The second kappa shape index (κ2) is 9.88. The van der Waals surface area contributed by atoms with Crippen molar-refractivity contribution < 1.29 is 17.2 Å². The molecule has 0 radical (unpaired) electrons. The van der Waals surface area contributed by atoms with Gasteiger partial charge in [0.2, 0.25) is 16.0 Å². The maximum Gasteiger partial charge on any atom is 0.306 e. The van der Waals surface area contributed by atoms with Crippen LogP contribution in [-0.4, -0.2) is 40.9 Å². The van der Waals surface area contributed by atoms with Crippen LogP contribution in [0.25, 0.3) is 28.5 Å². The van der Waals surface area contributed by atoms with Crippen molar-refractivity contribution in [3.05, 3.63) is 84.6 Å². The van der Waals surface area contributed by atoms with Gasteiger partial charge in [-0.15, -0.1) is 0 Å². The van der Waals surface area contributed by atoms with E-state index in [1.54, 1.807) is 59.3 Å². The highest BCUT2D eigenvalue weighted by atomic mass is 32.2. The first-order valence-electron chi connectivity index (χ1n) is 11.3. The van der Waals surface area contributed by atoms with E-state index in [4.69, 9.17) is 4.42 Å². The summed E-state index contributed by atoms with van der Waals surface area (Å²) in [7, 11) is -3.56. The molecule has 0 bridgehead atoms. The predicted octanol–water partition coefficient (Wildman–Crippen LogP) is 4.28. The van der Waals surface area contributed by atoms with Gasteiger partial charge in [-0.25, -0.2) is 27.5 Å². The molecule has 0 saturated heterocycles. The van der Waals surface area contributed by atoms with Gasteiger partial charge in [-0.2, -0.15) is 4.98 Å². The Morgan fingerprint density at radius 3 is 2.69 bits per heavy atom. The van der Waals surface area contributed by atoms with E-state index in [1.807, 2.05) is 6.92 Å². The summed E-state index contributed by atoms with van der Waals surface area (Å²) in [5.41, 5.74) is 3.33. The molecular weight excluding hydrogens is 483 g/mol. The molecule has 0 fully saturated rings. The van der Waals surface area contributed by atoms with E-state index in [-0.39, 0.29) is 17.3 Å². The number of imidazole rings is 1. The van der Waals surface area contributed by atoms with E-state index in [2.05, 4.69) is 25.0 Å². The van der Waals surface area contributed by atoms with Crippen LogP contribution in [0.1, 0.15) is 12.0 Å². The lowest BCUT2D eigenvalue weighted by molar-refractivity contribution is 0.580. The maximum absolute atomic E-state index is 13.9. The number of anilines is 1. The van der Waals surface area contributed by atoms with E-state index < -0.39 is 10.0 Å². The number of halogens is 1. The summed E-state index contributed by atoms with van der Waals surface area (Å²) in [6.07, 6.45) is 5.36. The van der Waals surface area contributed by atoms with Gasteiger partial charge in [-0.1, -0.05) is 29.8 Å². The van der Waals surface area contributed by atoms with Crippen molar-refractivity contribution in [3.8, 4) is 22.6 Å². The first kappa shape index (κ1) is 23.6. The van der Waals surface area contributed by atoms with Gasteiger partial charge in [0.15, 0.2) is 0 Å². The number of aromatic nitrogens is 4. The molecule has 3 aromatic heterocycles. The molecule has 184 valence electrons. The second-order valence-electron chi connectivity index (χ2n) is 8.13. The quantitative estimate of drug-likeness (QED) is 0.287. The molecule has 0 spiro atoms. The number of nitrogens with one attached hydrogen (secondary N) is 2. The van der Waals surface area contributed by atoms with Gasteiger partial charge in [0.25, 0.3) is 0 Å². The van der Waals surface area contributed by atoms with Crippen LogP contribution in [0.2, 0.25) is 0 Å². The lowest BCUT2D eigenvalue weighted by Gasteiger charge is -2.09. The Morgan fingerprint density at radius 1 is 1.06 bits per heavy atom. The molecule has 2 aromatic carbocycles. The molecular formula is C25H23FN6O3S. The number of oxazole rings is 1. The molecule has 9 nitrogen and oxygen atoms in total. The van der Waals surface area contributed by atoms with Crippen LogP contribution in [0.15, 0.2) is 82.6 Å². The Hall–Kier alpha value is -4.09. The number of nitrogens with zero attached hydrogens (tertiary/aromatic N) is 4. The van der Waals surface area contributed by atoms with Crippen LogP contribution in [0, 0.1) is 12.7 Å². The van der Waals surface area contributed by atoms with Crippen molar-refractivity contribution in [2.24, 2.45) is 0 Å². The number of aryl methyl sites for hydroxylation is 1. The lowest BCUT2D eigenvalue weighted by Crippen LogP contribution is -2.26. The molecule has 3 heterocycles. The van der Waals surface area contributed by atoms with Gasteiger partial charge in [0.05, 0.1) is 10.6 Å². The summed E-state index contributed by atoms with van der Waals surface area (Å²) in [5.74, 6) is 0.363. The van der Waals surface area contributed by atoms with Crippen LogP contribution in [0.3, 0.4) is 0 Å². The number of benzene rings is 2. The third kappa shape index (κ3) is 4.97. The molecule has 0 saturated carbocycles. The third-order valence-corrected chi connectivity index (χ3v) is 7.00. The van der Waals surface area contributed by atoms with Gasteiger partial charge < -0.3 is 9.73 Å². The summed E-state index contributed by atoms with van der Waals surface area (Å²) in [6, 6.07) is 14.6. The molecule has 5 rings (SSSR count). The fraction of sp³-hybridized carbons (Fsp3) is 0.160. The highest BCUT2D eigenvalue weighted by Gasteiger charge is 2.20. The van der Waals surface area contributed by atoms with Crippen LogP contribution in [0.5, 0.6) is 0 Å². The fourth-order valence-electron chi connectivity index (χ4n) is 3.74. The molecule has 36 heavy (non-hydrogen) atoms. The van der Waals surface area contributed by atoms with Crippen molar-refractivity contribution in [2.75, 3.05) is 18.4 Å². The molecule has 5 aromatic rings. The highest BCUT2D eigenvalue weighted by molar-refractivity contribution is 7.89. The average Bonchev–Trinajstić information content (AvgIpc) is 3.46.